The molecule has 1 unspecified atom stereocenters. The van der Waals surface area contributed by atoms with Crippen LogP contribution >= 0.6 is 0 Å². The number of hydrogen-bond acceptors (Lipinski definition) is 5. The maximum Gasteiger partial charge on any atom is 0.419 e. The summed E-state index contributed by atoms with van der Waals surface area (Å²) in [6.45, 7) is 3.11. The van der Waals surface area contributed by atoms with Crippen molar-refractivity contribution in [3.63, 3.8) is 0 Å². The third-order valence-electron chi connectivity index (χ3n) is 6.34. The lowest BCUT2D eigenvalue weighted by Crippen LogP contribution is -2.50. The van der Waals surface area contributed by atoms with Gasteiger partial charge in [0.05, 0.1) is 5.69 Å². The molecule has 1 amide bonds. The Labute approximate surface area is 197 Å². The molecule has 2 aliphatic heterocycles. The van der Waals surface area contributed by atoms with Crippen molar-refractivity contribution >= 4 is 11.9 Å². The van der Waals surface area contributed by atoms with Gasteiger partial charge >= 0.3 is 12.4 Å². The first-order chi connectivity index (χ1) is 16.2. The molecule has 0 aliphatic carbocycles. The predicted molar refractivity (Wildman–Crippen MR) is 116 cm³/mol. The van der Waals surface area contributed by atoms with Crippen molar-refractivity contribution in [2.45, 2.75) is 63.5 Å². The Balaban J connectivity index is 1.68. The van der Waals surface area contributed by atoms with Crippen LogP contribution in [0.15, 0.2) is 12.4 Å². The summed E-state index contributed by atoms with van der Waals surface area (Å²) in [6.07, 6.45) is -5.56. The van der Waals surface area contributed by atoms with E-state index in [1.807, 2.05) is 0 Å². The molecular weight excluding hydrogens is 478 g/mol. The van der Waals surface area contributed by atoms with E-state index in [9.17, 15) is 31.1 Å². The van der Waals surface area contributed by atoms with Gasteiger partial charge in [0.15, 0.2) is 0 Å². The number of carbonyl (C=O) groups is 1. The molecule has 192 valence electrons. The summed E-state index contributed by atoms with van der Waals surface area (Å²) in [4.78, 5) is 24.0. The van der Waals surface area contributed by atoms with Crippen LogP contribution in [0.4, 0.5) is 32.3 Å². The van der Waals surface area contributed by atoms with Crippen LogP contribution in [-0.4, -0.2) is 63.2 Å². The number of amides is 1. The van der Waals surface area contributed by atoms with Gasteiger partial charge in [0.25, 0.3) is 5.91 Å². The van der Waals surface area contributed by atoms with E-state index < -0.39 is 36.1 Å². The average Bonchev–Trinajstić information content (AvgIpc) is 3.10. The van der Waals surface area contributed by atoms with E-state index >= 15 is 0 Å². The molecule has 7 nitrogen and oxygen atoms in total. The molecule has 13 heteroatoms. The Morgan fingerprint density at radius 1 is 1.23 bits per heavy atom. The second-order valence-electron chi connectivity index (χ2n) is 9.60. The van der Waals surface area contributed by atoms with E-state index in [0.717, 1.165) is 12.8 Å². The fourth-order valence-corrected chi connectivity index (χ4v) is 4.48. The monoisotopic (exact) mass is 504 g/mol. The van der Waals surface area contributed by atoms with Gasteiger partial charge in [-0.1, -0.05) is 0 Å². The van der Waals surface area contributed by atoms with Crippen molar-refractivity contribution in [1.29, 1.82) is 0 Å². The standard InChI is InChI=1S/C22H26F6N6O/c1-20(2)6-5-12(8-31-20)32-19-30-10-15(22(26,27)28)16(33-19)14-9-29-17-13(14)4-3-7-34(18(17)35)11-21(23,24)25/h9-10,12,29,31H,3-8,11H2,1-2H3,(H,30,32,33). The van der Waals surface area contributed by atoms with Gasteiger partial charge in [-0.15, -0.1) is 0 Å². The third-order valence-corrected chi connectivity index (χ3v) is 6.34. The molecule has 2 aliphatic rings. The smallest absolute Gasteiger partial charge is 0.356 e. The fourth-order valence-electron chi connectivity index (χ4n) is 4.48. The first kappa shape index (κ1) is 25.3. The van der Waals surface area contributed by atoms with Crippen LogP contribution in [0.3, 0.4) is 0 Å². The number of piperidine rings is 1. The molecule has 0 saturated carbocycles. The highest BCUT2D eigenvalue weighted by Crippen LogP contribution is 2.39. The number of aromatic nitrogens is 3. The van der Waals surface area contributed by atoms with Gasteiger partial charge in [-0.25, -0.2) is 9.97 Å². The number of nitrogens with zero attached hydrogens (tertiary/aromatic N) is 3. The topological polar surface area (TPSA) is 85.9 Å². The largest absolute Gasteiger partial charge is 0.419 e. The van der Waals surface area contributed by atoms with Crippen molar-refractivity contribution in [2.24, 2.45) is 0 Å². The maximum atomic E-state index is 13.8. The number of H-pyrrole nitrogens is 1. The van der Waals surface area contributed by atoms with Gasteiger partial charge in [0.1, 0.15) is 17.8 Å². The van der Waals surface area contributed by atoms with Crippen LogP contribution in [-0.2, 0) is 12.6 Å². The first-order valence-corrected chi connectivity index (χ1v) is 11.3. The minimum Gasteiger partial charge on any atom is -0.356 e. The van der Waals surface area contributed by atoms with E-state index in [4.69, 9.17) is 0 Å². The van der Waals surface area contributed by atoms with Gasteiger partial charge < -0.3 is 20.5 Å². The molecule has 1 saturated heterocycles. The highest BCUT2D eigenvalue weighted by Gasteiger charge is 2.39. The average molecular weight is 504 g/mol. The summed E-state index contributed by atoms with van der Waals surface area (Å²) in [5, 5.41) is 6.43. The normalized spacial score (nSPS) is 21.0. The molecule has 1 atom stereocenters. The zero-order valence-electron chi connectivity index (χ0n) is 19.2. The van der Waals surface area contributed by atoms with Crippen LogP contribution in [0.25, 0.3) is 11.3 Å². The summed E-state index contributed by atoms with van der Waals surface area (Å²) in [5.41, 5.74) is -1.45. The predicted octanol–water partition coefficient (Wildman–Crippen LogP) is 4.38. The first-order valence-electron chi connectivity index (χ1n) is 11.3. The minimum absolute atomic E-state index is 0.00750. The number of carbonyl (C=O) groups excluding carboxylic acids is 1. The highest BCUT2D eigenvalue weighted by molar-refractivity contribution is 5.96. The lowest BCUT2D eigenvalue weighted by atomic mass is 9.91. The lowest BCUT2D eigenvalue weighted by Gasteiger charge is -2.36. The van der Waals surface area contributed by atoms with Gasteiger partial charge in [-0.05, 0) is 45.1 Å². The Bertz CT molecular complexity index is 1080. The van der Waals surface area contributed by atoms with Crippen LogP contribution in [0.1, 0.15) is 54.7 Å². The summed E-state index contributed by atoms with van der Waals surface area (Å²) < 4.78 is 80.2. The Kier molecular flexibility index (Phi) is 6.49. The van der Waals surface area contributed by atoms with Gasteiger partial charge in [0, 0.05) is 42.6 Å². The number of halogens is 6. The van der Waals surface area contributed by atoms with Crippen molar-refractivity contribution in [1.82, 2.24) is 25.2 Å². The Morgan fingerprint density at radius 3 is 2.60 bits per heavy atom. The molecule has 2 aromatic heterocycles. The third kappa shape index (κ3) is 5.71. The molecule has 4 heterocycles. The molecule has 4 rings (SSSR count). The second kappa shape index (κ2) is 8.99. The maximum absolute atomic E-state index is 13.8. The van der Waals surface area contributed by atoms with E-state index in [0.29, 0.717) is 17.6 Å². The summed E-state index contributed by atoms with van der Waals surface area (Å²) in [5.74, 6) is -0.897. The molecule has 3 N–H and O–H groups in total. The Hall–Kier alpha value is -2.83. The minimum atomic E-state index is -4.77. The van der Waals surface area contributed by atoms with E-state index in [2.05, 4.69) is 39.4 Å². The number of hydrogen-bond donors (Lipinski definition) is 3. The van der Waals surface area contributed by atoms with Gasteiger partial charge in [0.2, 0.25) is 5.95 Å². The van der Waals surface area contributed by atoms with Crippen LogP contribution in [0.5, 0.6) is 0 Å². The zero-order valence-corrected chi connectivity index (χ0v) is 19.2. The van der Waals surface area contributed by atoms with Gasteiger partial charge in [-0.3, -0.25) is 4.79 Å². The number of alkyl halides is 6. The number of anilines is 1. The SMILES string of the molecule is CC1(C)CCC(Nc2ncc(C(F)(F)F)c(-c3c[nH]c4c3CCCN(CC(F)(F)F)C4=O)n2)CN1. The van der Waals surface area contributed by atoms with Crippen molar-refractivity contribution in [3.05, 3.63) is 29.2 Å². The van der Waals surface area contributed by atoms with Crippen LogP contribution < -0.4 is 10.6 Å². The molecule has 1 fully saturated rings. The van der Waals surface area contributed by atoms with Gasteiger partial charge in [-0.2, -0.15) is 26.3 Å². The molecule has 0 aromatic carbocycles. The van der Waals surface area contributed by atoms with Crippen LogP contribution in [0, 0.1) is 0 Å². The Morgan fingerprint density at radius 2 is 1.97 bits per heavy atom. The summed E-state index contributed by atoms with van der Waals surface area (Å²) in [7, 11) is 0. The summed E-state index contributed by atoms with van der Waals surface area (Å²) >= 11 is 0. The van der Waals surface area contributed by atoms with Crippen LogP contribution in [0.2, 0.25) is 0 Å². The van der Waals surface area contributed by atoms with E-state index in [-0.39, 0.29) is 53.7 Å². The fraction of sp³-hybridized carbons (Fsp3) is 0.591. The number of rotatable bonds is 4. The molecule has 35 heavy (non-hydrogen) atoms. The number of fused-ring (bicyclic) bond motifs is 1. The molecular formula is C22H26F6N6O. The van der Waals surface area contributed by atoms with E-state index in [1.165, 1.54) is 6.20 Å². The molecule has 2 aromatic rings. The lowest BCUT2D eigenvalue weighted by molar-refractivity contribution is -0.140. The molecule has 0 radical (unpaired) electrons. The quantitative estimate of drug-likeness (QED) is 0.538. The van der Waals surface area contributed by atoms with Crippen molar-refractivity contribution in [3.8, 4) is 11.3 Å². The van der Waals surface area contributed by atoms with Crippen molar-refractivity contribution < 1.29 is 31.1 Å². The van der Waals surface area contributed by atoms with Crippen molar-refractivity contribution in [2.75, 3.05) is 25.0 Å². The second-order valence-corrected chi connectivity index (χ2v) is 9.60. The molecule has 0 bridgehead atoms. The van der Waals surface area contributed by atoms with E-state index in [1.54, 1.807) is 0 Å². The highest BCUT2D eigenvalue weighted by atomic mass is 19.4. The summed E-state index contributed by atoms with van der Waals surface area (Å²) in [6, 6.07) is -0.0894. The zero-order chi connectivity index (χ0) is 25.6. The number of nitrogens with one attached hydrogen (secondary N) is 3. The number of aromatic amines is 1. The molecule has 0 spiro atoms.